The minimum Gasteiger partial charge on any atom is -0.481 e. The number of aliphatic carboxylic acids is 1. The van der Waals surface area contributed by atoms with Gasteiger partial charge in [0.2, 0.25) is 0 Å². The zero-order chi connectivity index (χ0) is 19.0. The van der Waals surface area contributed by atoms with E-state index in [1.807, 2.05) is 43.3 Å². The molecule has 2 heterocycles. The van der Waals surface area contributed by atoms with E-state index in [-0.39, 0.29) is 0 Å². The zero-order valence-corrected chi connectivity index (χ0v) is 16.0. The van der Waals surface area contributed by atoms with Crippen LogP contribution in [0.15, 0.2) is 48.5 Å². The summed E-state index contributed by atoms with van der Waals surface area (Å²) in [4.78, 5) is 18.5. The van der Waals surface area contributed by atoms with Crippen molar-refractivity contribution in [2.45, 2.75) is 26.4 Å². The Labute approximate surface area is 163 Å². The largest absolute Gasteiger partial charge is 0.481 e. The standard InChI is InChI=1S/C21H22ClN3O2/c1-21(20(26)27)9-10-24(14-21)13-19-23-17-11-16(22)7-8-18(17)25(19)12-15-5-3-2-4-6-15/h2-8,11H,9-10,12-14H2,1H3,(H,26,27). The molecule has 1 unspecified atom stereocenters. The number of halogens is 1. The van der Waals surface area contributed by atoms with E-state index in [0.717, 1.165) is 29.9 Å². The van der Waals surface area contributed by atoms with E-state index >= 15 is 0 Å². The van der Waals surface area contributed by atoms with Gasteiger partial charge in [-0.15, -0.1) is 0 Å². The molecule has 27 heavy (non-hydrogen) atoms. The minimum atomic E-state index is -0.727. The summed E-state index contributed by atoms with van der Waals surface area (Å²) in [7, 11) is 0. The quantitative estimate of drug-likeness (QED) is 0.722. The maximum Gasteiger partial charge on any atom is 0.310 e. The number of imidazole rings is 1. The minimum absolute atomic E-state index is 0.539. The van der Waals surface area contributed by atoms with Crippen LogP contribution >= 0.6 is 11.6 Å². The molecule has 140 valence electrons. The highest BCUT2D eigenvalue weighted by Gasteiger charge is 2.40. The molecule has 1 N–H and O–H groups in total. The van der Waals surface area contributed by atoms with Gasteiger partial charge in [-0.25, -0.2) is 4.98 Å². The third-order valence-corrected chi connectivity index (χ3v) is 5.64. The maximum atomic E-state index is 11.5. The maximum absolute atomic E-state index is 11.5. The number of carboxylic acid groups (broad SMARTS) is 1. The molecule has 0 bridgehead atoms. The predicted molar refractivity (Wildman–Crippen MR) is 106 cm³/mol. The van der Waals surface area contributed by atoms with Crippen LogP contribution in [0, 0.1) is 5.41 Å². The van der Waals surface area contributed by atoms with E-state index < -0.39 is 11.4 Å². The van der Waals surface area contributed by atoms with Crippen LogP contribution in [-0.4, -0.2) is 38.6 Å². The van der Waals surface area contributed by atoms with Crippen LogP contribution in [0.2, 0.25) is 5.02 Å². The summed E-state index contributed by atoms with van der Waals surface area (Å²) in [5.41, 5.74) is 2.43. The molecule has 1 aliphatic heterocycles. The van der Waals surface area contributed by atoms with Gasteiger partial charge in [0.05, 0.1) is 23.0 Å². The van der Waals surface area contributed by atoms with Crippen LogP contribution in [0.1, 0.15) is 24.7 Å². The fourth-order valence-electron chi connectivity index (χ4n) is 3.78. The van der Waals surface area contributed by atoms with Gasteiger partial charge in [0.1, 0.15) is 5.82 Å². The summed E-state index contributed by atoms with van der Waals surface area (Å²) in [5, 5.41) is 10.2. The van der Waals surface area contributed by atoms with Crippen molar-refractivity contribution in [3.63, 3.8) is 0 Å². The summed E-state index contributed by atoms with van der Waals surface area (Å²) in [6.45, 7) is 4.47. The molecule has 2 aromatic carbocycles. The molecular weight excluding hydrogens is 362 g/mol. The SMILES string of the molecule is CC1(C(=O)O)CCN(Cc2nc3cc(Cl)ccc3n2Cc2ccccc2)C1. The van der Waals surface area contributed by atoms with Gasteiger partial charge in [0, 0.05) is 18.1 Å². The Hall–Kier alpha value is -2.37. The second kappa shape index (κ2) is 6.98. The Morgan fingerprint density at radius 3 is 2.70 bits per heavy atom. The fraction of sp³-hybridized carbons (Fsp3) is 0.333. The van der Waals surface area contributed by atoms with Crippen molar-refractivity contribution in [1.29, 1.82) is 0 Å². The second-order valence-corrected chi connectivity index (χ2v) is 8.00. The first-order chi connectivity index (χ1) is 12.9. The molecule has 6 heteroatoms. The number of rotatable bonds is 5. The Balaban J connectivity index is 1.67. The average molecular weight is 384 g/mol. The van der Waals surface area contributed by atoms with Gasteiger partial charge in [-0.2, -0.15) is 0 Å². The predicted octanol–water partition coefficient (Wildman–Crippen LogP) is 4.03. The summed E-state index contributed by atoms with van der Waals surface area (Å²) in [6, 6.07) is 16.0. The van der Waals surface area contributed by atoms with Crippen molar-refractivity contribution in [3.05, 3.63) is 64.9 Å². The lowest BCUT2D eigenvalue weighted by Gasteiger charge is -2.20. The number of benzene rings is 2. The van der Waals surface area contributed by atoms with Crippen LogP contribution < -0.4 is 0 Å². The molecule has 3 aromatic rings. The normalized spacial score (nSPS) is 20.4. The molecule has 0 aliphatic carbocycles. The van der Waals surface area contributed by atoms with Gasteiger partial charge in [-0.1, -0.05) is 41.9 Å². The summed E-state index contributed by atoms with van der Waals surface area (Å²) in [6.07, 6.45) is 0.660. The highest BCUT2D eigenvalue weighted by atomic mass is 35.5. The first kappa shape index (κ1) is 18.0. The van der Waals surface area contributed by atoms with Crippen LogP contribution in [0.4, 0.5) is 0 Å². The van der Waals surface area contributed by atoms with Crippen LogP contribution in [0.3, 0.4) is 0 Å². The van der Waals surface area contributed by atoms with Crippen LogP contribution in [0.5, 0.6) is 0 Å². The Morgan fingerprint density at radius 1 is 1.22 bits per heavy atom. The van der Waals surface area contributed by atoms with Crippen molar-refractivity contribution < 1.29 is 9.90 Å². The van der Waals surface area contributed by atoms with Crippen molar-refractivity contribution in [3.8, 4) is 0 Å². The lowest BCUT2D eigenvalue weighted by molar-refractivity contribution is -0.147. The van der Waals surface area contributed by atoms with Gasteiger partial charge >= 0.3 is 5.97 Å². The van der Waals surface area contributed by atoms with E-state index in [1.54, 1.807) is 0 Å². The van der Waals surface area contributed by atoms with Crippen molar-refractivity contribution in [1.82, 2.24) is 14.5 Å². The van der Waals surface area contributed by atoms with Crippen molar-refractivity contribution >= 4 is 28.6 Å². The van der Waals surface area contributed by atoms with Crippen LogP contribution in [-0.2, 0) is 17.9 Å². The molecule has 0 spiro atoms. The molecule has 4 rings (SSSR count). The molecule has 5 nitrogen and oxygen atoms in total. The number of hydrogen-bond acceptors (Lipinski definition) is 3. The molecule has 1 aliphatic rings. The number of fused-ring (bicyclic) bond motifs is 1. The van der Waals surface area contributed by atoms with Gasteiger partial charge in [0.15, 0.2) is 0 Å². The Bertz CT molecular complexity index is 986. The number of aromatic nitrogens is 2. The first-order valence-electron chi connectivity index (χ1n) is 9.09. The molecule has 1 fully saturated rings. The first-order valence-corrected chi connectivity index (χ1v) is 9.47. The molecule has 0 saturated carbocycles. The summed E-state index contributed by atoms with van der Waals surface area (Å²) in [5.74, 6) is 0.209. The molecule has 0 amide bonds. The summed E-state index contributed by atoms with van der Waals surface area (Å²) >= 11 is 6.16. The van der Waals surface area contributed by atoms with E-state index in [2.05, 4.69) is 21.6 Å². The number of nitrogens with zero attached hydrogens (tertiary/aromatic N) is 3. The molecule has 1 saturated heterocycles. The molecular formula is C21H22ClN3O2. The van der Waals surface area contributed by atoms with E-state index in [4.69, 9.17) is 16.6 Å². The number of likely N-dealkylation sites (tertiary alicyclic amines) is 1. The third kappa shape index (κ3) is 3.57. The van der Waals surface area contributed by atoms with Gasteiger partial charge in [-0.05, 0) is 43.7 Å². The van der Waals surface area contributed by atoms with Crippen molar-refractivity contribution in [2.75, 3.05) is 13.1 Å². The monoisotopic (exact) mass is 383 g/mol. The highest BCUT2D eigenvalue weighted by molar-refractivity contribution is 6.31. The van der Waals surface area contributed by atoms with E-state index in [0.29, 0.717) is 24.5 Å². The van der Waals surface area contributed by atoms with Gasteiger partial charge in [-0.3, -0.25) is 9.69 Å². The topological polar surface area (TPSA) is 58.4 Å². The molecule has 1 aromatic heterocycles. The average Bonchev–Trinajstić information content (AvgIpc) is 3.18. The lowest BCUT2D eigenvalue weighted by Crippen LogP contribution is -2.32. The lowest BCUT2D eigenvalue weighted by atomic mass is 9.90. The highest BCUT2D eigenvalue weighted by Crippen LogP contribution is 2.31. The number of carbonyl (C=O) groups is 1. The second-order valence-electron chi connectivity index (χ2n) is 7.56. The zero-order valence-electron chi connectivity index (χ0n) is 15.2. The van der Waals surface area contributed by atoms with Crippen LogP contribution in [0.25, 0.3) is 11.0 Å². The number of carboxylic acids is 1. The Kier molecular flexibility index (Phi) is 4.66. The number of hydrogen-bond donors (Lipinski definition) is 1. The van der Waals surface area contributed by atoms with Gasteiger partial charge < -0.3 is 9.67 Å². The summed E-state index contributed by atoms with van der Waals surface area (Å²) < 4.78 is 2.21. The third-order valence-electron chi connectivity index (χ3n) is 5.41. The van der Waals surface area contributed by atoms with E-state index in [1.165, 1.54) is 5.56 Å². The fourth-order valence-corrected chi connectivity index (χ4v) is 3.95. The molecule has 1 atom stereocenters. The molecule has 0 radical (unpaired) electrons. The van der Waals surface area contributed by atoms with Crippen molar-refractivity contribution in [2.24, 2.45) is 5.41 Å². The van der Waals surface area contributed by atoms with E-state index in [9.17, 15) is 9.90 Å². The Morgan fingerprint density at radius 2 is 2.00 bits per heavy atom. The smallest absolute Gasteiger partial charge is 0.310 e. The van der Waals surface area contributed by atoms with Gasteiger partial charge in [0.25, 0.3) is 0 Å².